The highest BCUT2D eigenvalue weighted by molar-refractivity contribution is 7.89. The molecule has 0 amide bonds. The first kappa shape index (κ1) is 21.2. The van der Waals surface area contributed by atoms with Gasteiger partial charge in [0.1, 0.15) is 0 Å². The van der Waals surface area contributed by atoms with Gasteiger partial charge in [0.15, 0.2) is 11.5 Å². The van der Waals surface area contributed by atoms with Gasteiger partial charge in [0, 0.05) is 43.9 Å². The topological polar surface area (TPSA) is 124 Å². The van der Waals surface area contributed by atoms with Gasteiger partial charge in [-0.15, -0.1) is 0 Å². The van der Waals surface area contributed by atoms with Crippen LogP contribution in [0.15, 0.2) is 35.2 Å². The number of anilines is 1. The first-order valence-electron chi connectivity index (χ1n) is 9.65. The lowest BCUT2D eigenvalue weighted by atomic mass is 10.1. The van der Waals surface area contributed by atoms with Crippen LogP contribution in [-0.4, -0.2) is 47.8 Å². The Morgan fingerprint density at radius 2 is 1.90 bits per heavy atom. The van der Waals surface area contributed by atoms with Crippen molar-refractivity contribution in [1.82, 2.24) is 9.29 Å². The van der Waals surface area contributed by atoms with Crippen molar-refractivity contribution < 1.29 is 27.2 Å². The zero-order valence-corrected chi connectivity index (χ0v) is 17.7. The van der Waals surface area contributed by atoms with E-state index in [0.717, 1.165) is 6.92 Å². The Kier molecular flexibility index (Phi) is 5.21. The Morgan fingerprint density at radius 3 is 2.58 bits per heavy atom. The molecule has 4 rings (SSSR count). The molecule has 12 heteroatoms. The highest BCUT2D eigenvalue weighted by Crippen LogP contribution is 2.41. The number of aryl methyl sites for hydroxylation is 1. The van der Waals surface area contributed by atoms with Crippen LogP contribution in [0.2, 0.25) is 0 Å². The summed E-state index contributed by atoms with van der Waals surface area (Å²) >= 11 is 0. The molecule has 1 aromatic carbocycles. The van der Waals surface area contributed by atoms with E-state index in [1.807, 2.05) is 0 Å². The number of halogens is 1. The highest BCUT2D eigenvalue weighted by atomic mass is 32.2. The van der Waals surface area contributed by atoms with Gasteiger partial charge in [-0.25, -0.2) is 13.4 Å². The van der Waals surface area contributed by atoms with Crippen molar-refractivity contribution >= 4 is 21.5 Å². The predicted octanol–water partition coefficient (Wildman–Crippen LogP) is 2.98. The summed E-state index contributed by atoms with van der Waals surface area (Å²) in [4.78, 5) is 14.9. The molecule has 0 radical (unpaired) electrons. The van der Waals surface area contributed by atoms with E-state index in [1.165, 1.54) is 28.6 Å². The molecule has 1 unspecified atom stereocenters. The zero-order valence-electron chi connectivity index (χ0n) is 16.9. The second-order valence-corrected chi connectivity index (χ2v) is 9.49. The zero-order chi connectivity index (χ0) is 22.4. The van der Waals surface area contributed by atoms with E-state index >= 15 is 0 Å². The second-order valence-electron chi connectivity index (χ2n) is 7.55. The highest BCUT2D eigenvalue weighted by Gasteiger charge is 2.38. The molecule has 166 valence electrons. The number of sulfonamides is 1. The minimum Gasteiger partial charge on any atom is -0.423 e. The lowest BCUT2D eigenvalue weighted by Crippen LogP contribution is -2.42. The van der Waals surface area contributed by atoms with E-state index < -0.39 is 21.0 Å². The molecule has 0 bridgehead atoms. The minimum atomic E-state index is -3.82. The third kappa shape index (κ3) is 4.26. The van der Waals surface area contributed by atoms with Crippen LogP contribution in [0.4, 0.5) is 15.9 Å². The quantitative estimate of drug-likeness (QED) is 0.542. The van der Waals surface area contributed by atoms with Crippen molar-refractivity contribution in [2.45, 2.75) is 43.7 Å². The average molecular weight is 452 g/mol. The summed E-state index contributed by atoms with van der Waals surface area (Å²) in [6.07, 6.45) is 0.887. The van der Waals surface area contributed by atoms with Gasteiger partial charge in [-0.1, -0.05) is 0 Å². The Hall–Kier alpha value is -2.99. The molecule has 3 heterocycles. The van der Waals surface area contributed by atoms with E-state index in [1.54, 1.807) is 13.0 Å². The molecule has 1 N–H and O–H groups in total. The van der Waals surface area contributed by atoms with Crippen molar-refractivity contribution in [2.24, 2.45) is 0 Å². The van der Waals surface area contributed by atoms with E-state index in [0.29, 0.717) is 18.5 Å². The summed E-state index contributed by atoms with van der Waals surface area (Å²) in [5.74, 6) is 0.343. The maximum Gasteiger partial charge on any atom is 0.404 e. The number of hydrogen-bond acceptors (Lipinski definition) is 8. The van der Waals surface area contributed by atoms with Crippen LogP contribution in [0.1, 0.15) is 25.5 Å². The number of pyridine rings is 1. The van der Waals surface area contributed by atoms with Crippen LogP contribution < -0.4 is 14.8 Å². The van der Waals surface area contributed by atoms with Gasteiger partial charge in [-0.3, -0.25) is 10.1 Å². The van der Waals surface area contributed by atoms with Crippen LogP contribution in [0.3, 0.4) is 0 Å². The summed E-state index contributed by atoms with van der Waals surface area (Å²) in [5.41, 5.74) is 0.515. The fourth-order valence-corrected chi connectivity index (χ4v) is 5.10. The Bertz CT molecular complexity index is 1130. The molecule has 1 fully saturated rings. The summed E-state index contributed by atoms with van der Waals surface area (Å²) in [5, 5.41) is 14.3. The molecule has 0 spiro atoms. The van der Waals surface area contributed by atoms with Crippen LogP contribution in [0.25, 0.3) is 0 Å². The van der Waals surface area contributed by atoms with Crippen LogP contribution in [-0.2, 0) is 10.0 Å². The van der Waals surface area contributed by atoms with E-state index in [2.05, 4.69) is 10.3 Å². The molecule has 2 aliphatic heterocycles. The van der Waals surface area contributed by atoms with Crippen molar-refractivity contribution in [3.05, 3.63) is 46.1 Å². The number of rotatable bonds is 5. The van der Waals surface area contributed by atoms with Crippen LogP contribution in [0, 0.1) is 17.0 Å². The summed E-state index contributed by atoms with van der Waals surface area (Å²) in [6, 6.07) is 4.43. The average Bonchev–Trinajstić information content (AvgIpc) is 3.01. The van der Waals surface area contributed by atoms with Crippen molar-refractivity contribution in [3.63, 3.8) is 0 Å². The first-order valence-corrected chi connectivity index (χ1v) is 11.1. The smallest absolute Gasteiger partial charge is 0.404 e. The molecule has 1 aromatic heterocycles. The number of fused-ring (bicyclic) bond motifs is 1. The Balaban J connectivity index is 1.45. The molecule has 10 nitrogen and oxygen atoms in total. The van der Waals surface area contributed by atoms with Gasteiger partial charge in [0.25, 0.3) is 0 Å². The number of nitro groups is 1. The third-order valence-corrected chi connectivity index (χ3v) is 7.04. The van der Waals surface area contributed by atoms with Crippen molar-refractivity contribution in [2.75, 3.05) is 18.4 Å². The number of hydrogen-bond donors (Lipinski definition) is 1. The molecule has 2 aromatic rings. The maximum absolute atomic E-state index is 13.9. The number of benzene rings is 1. The molecule has 1 saturated heterocycles. The van der Waals surface area contributed by atoms with Crippen molar-refractivity contribution in [1.29, 1.82) is 0 Å². The van der Waals surface area contributed by atoms with Crippen LogP contribution >= 0.6 is 0 Å². The van der Waals surface area contributed by atoms with Gasteiger partial charge < -0.3 is 14.8 Å². The molecule has 0 saturated carbocycles. The summed E-state index contributed by atoms with van der Waals surface area (Å²) < 4.78 is 51.2. The minimum absolute atomic E-state index is 0.0186. The lowest BCUT2D eigenvalue weighted by Gasteiger charge is -2.31. The number of alkyl halides is 1. The molecule has 2 aliphatic rings. The number of piperidine rings is 1. The standard InChI is InChI=1S/C19H21FN4O6S/c1-12-3-5-15(24(25)26)18(21-12)22-13-7-9-23(10-8-13)31(27,28)14-4-6-16-17(11-14)30-19(2,20)29-16/h3-6,11,13H,7-10H2,1-2H3,(H,21,22). The van der Waals surface area contributed by atoms with E-state index in [4.69, 9.17) is 9.47 Å². The largest absolute Gasteiger partial charge is 0.423 e. The summed E-state index contributed by atoms with van der Waals surface area (Å²) in [6.45, 7) is 3.26. The lowest BCUT2D eigenvalue weighted by molar-refractivity contribution is -0.384. The normalized spacial score (nSPS) is 21.8. The van der Waals surface area contributed by atoms with Gasteiger partial charge in [-0.2, -0.15) is 8.70 Å². The van der Waals surface area contributed by atoms with E-state index in [-0.39, 0.29) is 47.0 Å². The SMILES string of the molecule is Cc1ccc([N+](=O)[O-])c(NC2CCN(S(=O)(=O)c3ccc4c(c3)OC(C)(F)O4)CC2)n1. The fourth-order valence-electron chi connectivity index (χ4n) is 3.61. The molecule has 31 heavy (non-hydrogen) atoms. The molecular weight excluding hydrogens is 431 g/mol. The van der Waals surface area contributed by atoms with Crippen molar-refractivity contribution in [3.8, 4) is 11.5 Å². The predicted molar refractivity (Wildman–Crippen MR) is 108 cm³/mol. The maximum atomic E-state index is 13.9. The number of aromatic nitrogens is 1. The number of ether oxygens (including phenoxy) is 2. The van der Waals surface area contributed by atoms with E-state index in [9.17, 15) is 22.9 Å². The Labute approximate surface area is 178 Å². The van der Waals surface area contributed by atoms with Gasteiger partial charge in [0.05, 0.1) is 9.82 Å². The molecular formula is C19H21FN4O6S. The first-order chi connectivity index (χ1) is 14.5. The third-order valence-electron chi connectivity index (χ3n) is 5.14. The fraction of sp³-hybridized carbons (Fsp3) is 0.421. The second kappa shape index (κ2) is 7.61. The monoisotopic (exact) mass is 452 g/mol. The Morgan fingerprint density at radius 1 is 1.23 bits per heavy atom. The number of nitrogens with one attached hydrogen (secondary N) is 1. The summed E-state index contributed by atoms with van der Waals surface area (Å²) in [7, 11) is -3.82. The molecule has 0 aliphatic carbocycles. The van der Waals surface area contributed by atoms with Gasteiger partial charge >= 0.3 is 11.7 Å². The number of nitrogens with zero attached hydrogens (tertiary/aromatic N) is 3. The molecule has 1 atom stereocenters. The van der Waals surface area contributed by atoms with Crippen LogP contribution in [0.5, 0.6) is 11.5 Å². The van der Waals surface area contributed by atoms with Gasteiger partial charge in [-0.05, 0) is 38.0 Å². The van der Waals surface area contributed by atoms with Gasteiger partial charge in [0.2, 0.25) is 15.8 Å².